The Bertz CT molecular complexity index is 816. The summed E-state index contributed by atoms with van der Waals surface area (Å²) in [6, 6.07) is 3.74. The van der Waals surface area contributed by atoms with Gasteiger partial charge in [0.25, 0.3) is 0 Å². The van der Waals surface area contributed by atoms with Crippen molar-refractivity contribution in [3.8, 4) is 0 Å². The topological polar surface area (TPSA) is 87.7 Å². The minimum atomic E-state index is -0.944. The quantitative estimate of drug-likeness (QED) is 0.308. The van der Waals surface area contributed by atoms with Crippen LogP contribution in [0.3, 0.4) is 0 Å². The molecule has 3 amide bonds. The van der Waals surface area contributed by atoms with Crippen LogP contribution < -0.4 is 10.6 Å². The minimum Gasteiger partial charge on any atom is -0.444 e. The van der Waals surface area contributed by atoms with Gasteiger partial charge in [0.2, 0.25) is 11.8 Å². The second kappa shape index (κ2) is 13.6. The molecule has 0 aliphatic rings. The van der Waals surface area contributed by atoms with Crippen molar-refractivity contribution in [3.63, 3.8) is 0 Å². The van der Waals surface area contributed by atoms with Gasteiger partial charge in [0.15, 0.2) is 0 Å². The highest BCUT2D eigenvalue weighted by Crippen LogP contribution is 2.30. The van der Waals surface area contributed by atoms with E-state index in [1.807, 2.05) is 45.9 Å². The number of nitrogens with zero attached hydrogens (tertiary/aromatic N) is 1. The van der Waals surface area contributed by atoms with Crippen LogP contribution in [0.1, 0.15) is 83.5 Å². The molecule has 0 heterocycles. The van der Waals surface area contributed by atoms with Crippen LogP contribution in [0, 0.1) is 13.8 Å². The first kappa shape index (κ1) is 29.8. The number of ether oxygens (including phenoxy) is 1. The van der Waals surface area contributed by atoms with E-state index >= 15 is 0 Å². The summed E-state index contributed by atoms with van der Waals surface area (Å²) >= 11 is 4.31. The highest BCUT2D eigenvalue weighted by molar-refractivity contribution is 7.80. The summed E-state index contributed by atoms with van der Waals surface area (Å²) in [7, 11) is 0. The number of amides is 3. The normalized spacial score (nSPS) is 13.2. The number of rotatable bonds is 11. The number of unbranched alkanes of at least 4 members (excludes halogenated alkanes) is 2. The molecule has 34 heavy (non-hydrogen) atoms. The average Bonchev–Trinajstić information content (AvgIpc) is 2.72. The molecule has 2 N–H and O–H groups in total. The molecule has 2 unspecified atom stereocenters. The van der Waals surface area contributed by atoms with Gasteiger partial charge in [0.05, 0.1) is 0 Å². The number of hydrogen-bond acceptors (Lipinski definition) is 5. The summed E-state index contributed by atoms with van der Waals surface area (Å²) in [6.45, 7) is 15.5. The molecule has 2 atom stereocenters. The SMILES string of the molecule is CCCCCNC(=O)C(c1c(C)cccc1C)N(C(=O)C(CS)NC(=O)OC(C)(C)C)C(C)C. The molecule has 0 bridgehead atoms. The molecule has 1 aromatic carbocycles. The lowest BCUT2D eigenvalue weighted by atomic mass is 9.93. The zero-order valence-electron chi connectivity index (χ0n) is 22.0. The Kier molecular flexibility index (Phi) is 11.9. The van der Waals surface area contributed by atoms with Crippen molar-refractivity contribution in [2.24, 2.45) is 0 Å². The smallest absolute Gasteiger partial charge is 0.408 e. The maximum absolute atomic E-state index is 13.8. The molecule has 0 saturated heterocycles. The molecule has 0 spiro atoms. The number of carbonyl (C=O) groups excluding carboxylic acids is 3. The summed E-state index contributed by atoms with van der Waals surface area (Å²) in [6.07, 6.45) is 2.24. The molecule has 0 aliphatic heterocycles. The van der Waals surface area contributed by atoms with Crippen molar-refractivity contribution in [2.45, 2.75) is 98.4 Å². The Morgan fingerprint density at radius 1 is 1.09 bits per heavy atom. The summed E-state index contributed by atoms with van der Waals surface area (Å²) in [5.41, 5.74) is 1.95. The van der Waals surface area contributed by atoms with Crippen molar-refractivity contribution >= 4 is 30.5 Å². The van der Waals surface area contributed by atoms with Gasteiger partial charge in [-0.2, -0.15) is 12.6 Å². The predicted octanol–water partition coefficient (Wildman–Crippen LogP) is 4.71. The number of hydrogen-bond donors (Lipinski definition) is 3. The highest BCUT2D eigenvalue weighted by Gasteiger charge is 2.38. The van der Waals surface area contributed by atoms with Gasteiger partial charge >= 0.3 is 6.09 Å². The third kappa shape index (κ3) is 8.85. The van der Waals surface area contributed by atoms with Gasteiger partial charge in [-0.15, -0.1) is 0 Å². The van der Waals surface area contributed by atoms with Crippen LogP contribution in [-0.2, 0) is 14.3 Å². The Morgan fingerprint density at radius 3 is 2.15 bits per heavy atom. The Balaban J connectivity index is 3.38. The number of thiol groups is 1. The first-order valence-corrected chi connectivity index (χ1v) is 12.7. The van der Waals surface area contributed by atoms with Crippen molar-refractivity contribution in [1.29, 1.82) is 0 Å². The zero-order valence-corrected chi connectivity index (χ0v) is 22.9. The Hall–Kier alpha value is -2.22. The molecule has 0 aromatic heterocycles. The standard InChI is InChI=1S/C26H43N3O4S/c1-9-10-11-15-27-23(30)22(21-18(4)13-12-14-19(21)5)29(17(2)3)24(31)20(16-34)28-25(32)33-26(6,7)8/h12-14,17,20,22,34H,9-11,15-16H2,1-8H3,(H,27,30)(H,28,32). The fourth-order valence-electron chi connectivity index (χ4n) is 3.83. The zero-order chi connectivity index (χ0) is 26.1. The number of benzene rings is 1. The Labute approximate surface area is 210 Å². The van der Waals surface area contributed by atoms with Gasteiger partial charge in [-0.3, -0.25) is 9.59 Å². The third-order valence-electron chi connectivity index (χ3n) is 5.40. The van der Waals surface area contributed by atoms with E-state index in [9.17, 15) is 14.4 Å². The third-order valence-corrected chi connectivity index (χ3v) is 5.77. The largest absolute Gasteiger partial charge is 0.444 e. The van der Waals surface area contributed by atoms with E-state index in [4.69, 9.17) is 4.74 Å². The molecule has 1 rings (SSSR count). The average molecular weight is 494 g/mol. The van der Waals surface area contributed by atoms with Crippen molar-refractivity contribution in [2.75, 3.05) is 12.3 Å². The first-order valence-electron chi connectivity index (χ1n) is 12.1. The van der Waals surface area contributed by atoms with Crippen LogP contribution in [-0.4, -0.2) is 52.8 Å². The molecule has 192 valence electrons. The molecule has 7 nitrogen and oxygen atoms in total. The first-order chi connectivity index (χ1) is 15.8. The lowest BCUT2D eigenvalue weighted by molar-refractivity contribution is -0.144. The second-order valence-corrected chi connectivity index (χ2v) is 10.3. The summed E-state index contributed by atoms with van der Waals surface area (Å²) in [5.74, 6) is -0.545. The van der Waals surface area contributed by atoms with Crippen LogP contribution in [0.15, 0.2) is 18.2 Å². The molecule has 0 saturated carbocycles. The van der Waals surface area contributed by atoms with E-state index in [-0.39, 0.29) is 23.6 Å². The van der Waals surface area contributed by atoms with E-state index in [1.54, 1.807) is 25.7 Å². The van der Waals surface area contributed by atoms with Crippen molar-refractivity contribution in [3.05, 3.63) is 34.9 Å². The van der Waals surface area contributed by atoms with Gasteiger partial charge in [-0.25, -0.2) is 4.79 Å². The van der Waals surface area contributed by atoms with Gasteiger partial charge in [-0.05, 0) is 71.6 Å². The monoisotopic (exact) mass is 493 g/mol. The van der Waals surface area contributed by atoms with Crippen LogP contribution in [0.25, 0.3) is 0 Å². The lowest BCUT2D eigenvalue weighted by Crippen LogP contribution is -2.56. The minimum absolute atomic E-state index is 0.0683. The Morgan fingerprint density at radius 2 is 1.68 bits per heavy atom. The number of aryl methyl sites for hydroxylation is 2. The fourth-order valence-corrected chi connectivity index (χ4v) is 4.08. The van der Waals surface area contributed by atoms with Gasteiger partial charge in [0.1, 0.15) is 17.7 Å². The summed E-state index contributed by atoms with van der Waals surface area (Å²) in [4.78, 5) is 41.3. The maximum atomic E-state index is 13.8. The van der Waals surface area contributed by atoms with Crippen molar-refractivity contribution in [1.82, 2.24) is 15.5 Å². The van der Waals surface area contributed by atoms with Gasteiger partial charge in [-0.1, -0.05) is 38.0 Å². The molecule has 0 fully saturated rings. The predicted molar refractivity (Wildman–Crippen MR) is 140 cm³/mol. The van der Waals surface area contributed by atoms with Crippen LogP contribution >= 0.6 is 12.6 Å². The molecule has 8 heteroatoms. The summed E-state index contributed by atoms with van der Waals surface area (Å²) < 4.78 is 5.33. The maximum Gasteiger partial charge on any atom is 0.408 e. The van der Waals surface area contributed by atoms with E-state index in [0.29, 0.717) is 6.54 Å². The van der Waals surface area contributed by atoms with Crippen LogP contribution in [0.5, 0.6) is 0 Å². The van der Waals surface area contributed by atoms with Gasteiger partial charge < -0.3 is 20.3 Å². The van der Waals surface area contributed by atoms with Crippen LogP contribution in [0.2, 0.25) is 0 Å². The van der Waals surface area contributed by atoms with E-state index in [2.05, 4.69) is 30.2 Å². The summed E-state index contributed by atoms with van der Waals surface area (Å²) in [5, 5.41) is 5.66. The highest BCUT2D eigenvalue weighted by atomic mass is 32.1. The van der Waals surface area contributed by atoms with Crippen molar-refractivity contribution < 1.29 is 19.1 Å². The number of alkyl carbamates (subject to hydrolysis) is 1. The van der Waals surface area contributed by atoms with E-state index < -0.39 is 23.8 Å². The molecular weight excluding hydrogens is 450 g/mol. The number of nitrogens with one attached hydrogen (secondary N) is 2. The second-order valence-electron chi connectivity index (χ2n) is 9.93. The molecule has 1 aromatic rings. The molecule has 0 aliphatic carbocycles. The molecular formula is C26H43N3O4S. The van der Waals surface area contributed by atoms with E-state index in [1.165, 1.54) is 0 Å². The number of carbonyl (C=O) groups is 3. The molecule has 0 radical (unpaired) electrons. The van der Waals surface area contributed by atoms with Gasteiger partial charge in [0, 0.05) is 18.3 Å². The van der Waals surface area contributed by atoms with Crippen LogP contribution in [0.4, 0.5) is 4.79 Å². The lowest BCUT2D eigenvalue weighted by Gasteiger charge is -2.38. The fraction of sp³-hybridized carbons (Fsp3) is 0.654. The van der Waals surface area contributed by atoms with E-state index in [0.717, 1.165) is 36.0 Å².